The van der Waals surface area contributed by atoms with Gasteiger partial charge in [-0.15, -0.1) is 0 Å². The maximum atomic E-state index is 13.4. The van der Waals surface area contributed by atoms with E-state index >= 15 is 0 Å². The molecule has 24 heavy (non-hydrogen) atoms. The van der Waals surface area contributed by atoms with Crippen molar-refractivity contribution in [2.24, 2.45) is 16.3 Å². The zero-order valence-electron chi connectivity index (χ0n) is 15.1. The van der Waals surface area contributed by atoms with Crippen LogP contribution in [-0.2, 0) is 11.3 Å². The second-order valence-corrected chi connectivity index (χ2v) is 7.47. The molecule has 0 radical (unpaired) electrons. The third-order valence-electron chi connectivity index (χ3n) is 5.36. The summed E-state index contributed by atoms with van der Waals surface area (Å²) in [6.07, 6.45) is 1.46. The number of fused-ring (bicyclic) bond motifs is 1. The van der Waals surface area contributed by atoms with Crippen LogP contribution < -0.4 is 5.32 Å². The van der Waals surface area contributed by atoms with Gasteiger partial charge in [-0.1, -0.05) is 26.0 Å². The van der Waals surface area contributed by atoms with Gasteiger partial charge in [0.1, 0.15) is 5.82 Å². The highest BCUT2D eigenvalue weighted by Crippen LogP contribution is 2.52. The van der Waals surface area contributed by atoms with E-state index in [1.807, 2.05) is 20.0 Å². The van der Waals surface area contributed by atoms with Crippen LogP contribution in [-0.4, -0.2) is 43.2 Å². The van der Waals surface area contributed by atoms with Crippen molar-refractivity contribution in [2.45, 2.75) is 45.9 Å². The van der Waals surface area contributed by atoms with E-state index < -0.39 is 0 Å². The first-order valence-electron chi connectivity index (χ1n) is 8.81. The van der Waals surface area contributed by atoms with Crippen LogP contribution in [0.2, 0.25) is 0 Å². The van der Waals surface area contributed by atoms with Crippen molar-refractivity contribution in [3.63, 3.8) is 0 Å². The first-order valence-corrected chi connectivity index (χ1v) is 8.81. The topological polar surface area (TPSA) is 36.9 Å². The number of ether oxygens (including phenoxy) is 1. The Morgan fingerprint density at radius 2 is 2.25 bits per heavy atom. The number of nitrogens with one attached hydrogen (secondary N) is 1. The molecule has 1 aliphatic heterocycles. The van der Waals surface area contributed by atoms with Crippen molar-refractivity contribution in [1.29, 1.82) is 0 Å². The first-order chi connectivity index (χ1) is 11.4. The van der Waals surface area contributed by atoms with Gasteiger partial charge in [-0.05, 0) is 31.0 Å². The summed E-state index contributed by atoms with van der Waals surface area (Å²) in [6, 6.07) is 7.11. The van der Waals surface area contributed by atoms with Crippen molar-refractivity contribution in [2.75, 3.05) is 20.2 Å². The monoisotopic (exact) mass is 333 g/mol. The van der Waals surface area contributed by atoms with E-state index in [-0.39, 0.29) is 11.2 Å². The summed E-state index contributed by atoms with van der Waals surface area (Å²) in [5.41, 5.74) is 1.05. The molecule has 2 aliphatic rings. The summed E-state index contributed by atoms with van der Waals surface area (Å²) < 4.78 is 19.3. The minimum Gasteiger partial charge on any atom is -0.377 e. The fourth-order valence-corrected chi connectivity index (χ4v) is 4.17. The van der Waals surface area contributed by atoms with Crippen LogP contribution in [0.1, 0.15) is 32.8 Å². The highest BCUT2D eigenvalue weighted by atomic mass is 19.1. The molecule has 1 aliphatic carbocycles. The summed E-state index contributed by atoms with van der Waals surface area (Å²) in [4.78, 5) is 6.71. The molecule has 0 bridgehead atoms. The molecule has 3 rings (SSSR count). The van der Waals surface area contributed by atoms with Crippen LogP contribution in [0.25, 0.3) is 0 Å². The van der Waals surface area contributed by atoms with E-state index in [0.717, 1.165) is 24.6 Å². The van der Waals surface area contributed by atoms with Gasteiger partial charge >= 0.3 is 0 Å². The van der Waals surface area contributed by atoms with E-state index in [2.05, 4.69) is 29.1 Å². The number of aliphatic imine (C=N–C) groups is 1. The third-order valence-corrected chi connectivity index (χ3v) is 5.36. The largest absolute Gasteiger partial charge is 0.377 e. The van der Waals surface area contributed by atoms with Gasteiger partial charge in [0.15, 0.2) is 5.96 Å². The number of rotatable bonds is 4. The second kappa shape index (κ2) is 6.71. The Bertz CT molecular complexity index is 616. The predicted octanol–water partition coefficient (Wildman–Crippen LogP) is 3.04. The molecule has 4 nitrogen and oxygen atoms in total. The summed E-state index contributed by atoms with van der Waals surface area (Å²) in [7, 11) is 2.00. The molecule has 0 amide bonds. The zero-order valence-corrected chi connectivity index (χ0v) is 15.1. The molecule has 132 valence electrons. The number of benzene rings is 1. The molecule has 3 unspecified atom stereocenters. The number of hydrogen-bond donors (Lipinski definition) is 1. The van der Waals surface area contributed by atoms with Crippen molar-refractivity contribution in [3.8, 4) is 0 Å². The Labute approximate surface area is 144 Å². The summed E-state index contributed by atoms with van der Waals surface area (Å²) in [6.45, 7) is 8.75. The molecular weight excluding hydrogens is 305 g/mol. The average Bonchev–Trinajstić information content (AvgIpc) is 2.98. The molecule has 5 heteroatoms. The highest BCUT2D eigenvalue weighted by Gasteiger charge is 2.59. The van der Waals surface area contributed by atoms with Gasteiger partial charge in [0.25, 0.3) is 0 Å². The number of nitrogens with zero attached hydrogens (tertiary/aromatic N) is 2. The fraction of sp³-hybridized carbons (Fsp3) is 0.632. The molecule has 1 aromatic carbocycles. The van der Waals surface area contributed by atoms with Gasteiger partial charge in [-0.25, -0.2) is 4.39 Å². The Hall–Kier alpha value is -1.62. The minimum atomic E-state index is -0.200. The summed E-state index contributed by atoms with van der Waals surface area (Å²) in [5.74, 6) is 1.24. The van der Waals surface area contributed by atoms with Gasteiger partial charge in [-0.3, -0.25) is 4.99 Å². The lowest BCUT2D eigenvalue weighted by atomic mass is 9.57. The van der Waals surface area contributed by atoms with Crippen molar-refractivity contribution in [1.82, 2.24) is 10.2 Å². The second-order valence-electron chi connectivity index (χ2n) is 7.47. The van der Waals surface area contributed by atoms with E-state index in [0.29, 0.717) is 31.2 Å². The molecule has 0 spiro atoms. The van der Waals surface area contributed by atoms with Crippen LogP contribution in [0.5, 0.6) is 0 Å². The number of hydrogen-bond acceptors (Lipinski definition) is 2. The smallest absolute Gasteiger partial charge is 0.194 e. The maximum absolute atomic E-state index is 13.4. The third kappa shape index (κ3) is 3.14. The zero-order chi connectivity index (χ0) is 17.3. The van der Waals surface area contributed by atoms with Gasteiger partial charge in [-0.2, -0.15) is 0 Å². The van der Waals surface area contributed by atoms with Gasteiger partial charge < -0.3 is 15.0 Å². The van der Waals surface area contributed by atoms with E-state index in [4.69, 9.17) is 4.74 Å². The maximum Gasteiger partial charge on any atom is 0.194 e. The quantitative estimate of drug-likeness (QED) is 0.680. The molecule has 1 N–H and O–H groups in total. The normalized spacial score (nSPS) is 28.2. The first kappa shape index (κ1) is 17.2. The van der Waals surface area contributed by atoms with Crippen molar-refractivity contribution < 1.29 is 9.13 Å². The van der Waals surface area contributed by atoms with Crippen LogP contribution in [0.3, 0.4) is 0 Å². The van der Waals surface area contributed by atoms with Gasteiger partial charge in [0.05, 0.1) is 6.10 Å². The lowest BCUT2D eigenvalue weighted by Crippen LogP contribution is -2.67. The van der Waals surface area contributed by atoms with E-state index in [1.54, 1.807) is 12.1 Å². The van der Waals surface area contributed by atoms with Gasteiger partial charge in [0.2, 0.25) is 0 Å². The molecule has 1 heterocycles. The molecule has 2 fully saturated rings. The fourth-order valence-electron chi connectivity index (χ4n) is 4.17. The lowest BCUT2D eigenvalue weighted by molar-refractivity contribution is -0.107. The molecule has 3 atom stereocenters. The van der Waals surface area contributed by atoms with E-state index in [9.17, 15) is 4.39 Å². The molecule has 1 aromatic rings. The highest BCUT2D eigenvalue weighted by molar-refractivity contribution is 5.80. The molecule has 1 saturated heterocycles. The SMILES string of the molecule is CCN=C(NC1C2CCOC2C1(C)C)N(C)Cc1cccc(F)c1. The van der Waals surface area contributed by atoms with Crippen LogP contribution in [0.4, 0.5) is 4.39 Å². The minimum absolute atomic E-state index is 0.107. The summed E-state index contributed by atoms with van der Waals surface area (Å²) in [5, 5.41) is 3.65. The number of halogens is 1. The van der Waals surface area contributed by atoms with Crippen molar-refractivity contribution in [3.05, 3.63) is 35.6 Å². The van der Waals surface area contributed by atoms with E-state index in [1.165, 1.54) is 6.07 Å². The van der Waals surface area contributed by atoms with Crippen LogP contribution in [0, 0.1) is 17.2 Å². The standard InChI is InChI=1S/C19H28FN3O/c1-5-21-18(23(4)12-13-7-6-8-14(20)11-13)22-16-15-9-10-24-17(15)19(16,2)3/h6-8,11,15-17H,5,9-10,12H2,1-4H3,(H,21,22). The Kier molecular flexibility index (Phi) is 4.81. The van der Waals surface area contributed by atoms with Crippen LogP contribution in [0.15, 0.2) is 29.3 Å². The Morgan fingerprint density at radius 1 is 1.46 bits per heavy atom. The number of guanidine groups is 1. The Morgan fingerprint density at radius 3 is 2.96 bits per heavy atom. The summed E-state index contributed by atoms with van der Waals surface area (Å²) >= 11 is 0. The van der Waals surface area contributed by atoms with Crippen LogP contribution >= 0.6 is 0 Å². The average molecular weight is 333 g/mol. The molecular formula is C19H28FN3O. The van der Waals surface area contributed by atoms with Crippen molar-refractivity contribution >= 4 is 5.96 Å². The molecule has 0 aromatic heterocycles. The lowest BCUT2D eigenvalue weighted by Gasteiger charge is -2.55. The van der Waals surface area contributed by atoms with Gasteiger partial charge in [0, 0.05) is 44.1 Å². The Balaban J connectivity index is 1.69. The molecule has 1 saturated carbocycles. The predicted molar refractivity (Wildman–Crippen MR) is 94.4 cm³/mol.